The molecule has 0 aliphatic carbocycles. The van der Waals surface area contributed by atoms with Crippen molar-refractivity contribution in [2.75, 3.05) is 13.7 Å². The first kappa shape index (κ1) is 15.3. The minimum Gasteiger partial charge on any atom is -0.484 e. The number of aryl methyl sites for hydroxylation is 1. The lowest BCUT2D eigenvalue weighted by molar-refractivity contribution is -0.148. The maximum Gasteiger partial charge on any atom is 0.326 e. The van der Waals surface area contributed by atoms with Crippen molar-refractivity contribution in [3.8, 4) is 5.75 Å². The van der Waals surface area contributed by atoms with Gasteiger partial charge in [0, 0.05) is 12.1 Å². The Morgan fingerprint density at radius 3 is 2.63 bits per heavy atom. The van der Waals surface area contributed by atoms with Gasteiger partial charge in [0.15, 0.2) is 6.61 Å². The number of carboxylic acids is 1. The van der Waals surface area contributed by atoms with Gasteiger partial charge in [0.05, 0.1) is 0 Å². The standard InChI is InChI=1S/C13H16ClNO4/c1-8-6-10(4-5-11(8)14)19-7-12(16)15(3)9(2)13(17)18/h4-6,9H,7H2,1-3H3,(H,17,18). The zero-order valence-electron chi connectivity index (χ0n) is 11.0. The number of carbonyl (C=O) groups excluding carboxylic acids is 1. The first-order valence-corrected chi connectivity index (χ1v) is 6.08. The number of carboxylic acid groups (broad SMARTS) is 1. The van der Waals surface area contributed by atoms with Gasteiger partial charge in [0.2, 0.25) is 0 Å². The van der Waals surface area contributed by atoms with Gasteiger partial charge in [-0.25, -0.2) is 4.79 Å². The van der Waals surface area contributed by atoms with Crippen LogP contribution in [0.1, 0.15) is 12.5 Å². The molecule has 0 heterocycles. The molecule has 1 unspecified atom stereocenters. The first-order valence-electron chi connectivity index (χ1n) is 5.70. The van der Waals surface area contributed by atoms with Gasteiger partial charge in [0.25, 0.3) is 5.91 Å². The van der Waals surface area contributed by atoms with Crippen molar-refractivity contribution < 1.29 is 19.4 Å². The third-order valence-corrected chi connectivity index (χ3v) is 3.25. The van der Waals surface area contributed by atoms with Crippen LogP contribution in [0.25, 0.3) is 0 Å². The molecule has 0 saturated heterocycles. The first-order chi connectivity index (χ1) is 8.82. The van der Waals surface area contributed by atoms with Crippen molar-refractivity contribution in [3.05, 3.63) is 28.8 Å². The predicted octanol–water partition coefficient (Wildman–Crippen LogP) is 1.96. The van der Waals surface area contributed by atoms with E-state index in [9.17, 15) is 9.59 Å². The Labute approximate surface area is 116 Å². The molecule has 0 aliphatic heterocycles. The maximum atomic E-state index is 11.7. The highest BCUT2D eigenvalue weighted by atomic mass is 35.5. The number of hydrogen-bond donors (Lipinski definition) is 1. The number of likely N-dealkylation sites (N-methyl/N-ethyl adjacent to an activating group) is 1. The van der Waals surface area contributed by atoms with Gasteiger partial charge < -0.3 is 14.7 Å². The quantitative estimate of drug-likeness (QED) is 0.898. The monoisotopic (exact) mass is 285 g/mol. The highest BCUT2D eigenvalue weighted by molar-refractivity contribution is 6.31. The highest BCUT2D eigenvalue weighted by Crippen LogP contribution is 2.21. The van der Waals surface area contributed by atoms with Crippen molar-refractivity contribution in [2.45, 2.75) is 19.9 Å². The topological polar surface area (TPSA) is 66.8 Å². The molecule has 1 amide bonds. The smallest absolute Gasteiger partial charge is 0.326 e. The van der Waals surface area contributed by atoms with Crippen LogP contribution in [0, 0.1) is 6.92 Å². The lowest BCUT2D eigenvalue weighted by Crippen LogP contribution is -2.42. The summed E-state index contributed by atoms with van der Waals surface area (Å²) in [6, 6.07) is 4.17. The van der Waals surface area contributed by atoms with Crippen LogP contribution in [-0.2, 0) is 9.59 Å². The molecule has 1 aromatic rings. The molecule has 0 bridgehead atoms. The summed E-state index contributed by atoms with van der Waals surface area (Å²) in [5.74, 6) is -0.938. The van der Waals surface area contributed by atoms with Crippen LogP contribution in [0.2, 0.25) is 5.02 Å². The summed E-state index contributed by atoms with van der Waals surface area (Å²) in [6.07, 6.45) is 0. The Kier molecular flexibility index (Phi) is 5.18. The number of nitrogens with zero attached hydrogens (tertiary/aromatic N) is 1. The van der Waals surface area contributed by atoms with Crippen LogP contribution in [-0.4, -0.2) is 41.6 Å². The molecule has 19 heavy (non-hydrogen) atoms. The molecule has 1 N–H and O–H groups in total. The van der Waals surface area contributed by atoms with Crippen molar-refractivity contribution >= 4 is 23.5 Å². The Morgan fingerprint density at radius 2 is 2.11 bits per heavy atom. The third kappa shape index (κ3) is 4.13. The molecule has 6 heteroatoms. The number of amides is 1. The molecule has 0 spiro atoms. The number of halogens is 1. The Bertz CT molecular complexity index is 490. The molecule has 0 aromatic heterocycles. The van der Waals surface area contributed by atoms with Gasteiger partial charge in [-0.2, -0.15) is 0 Å². The molecule has 1 aromatic carbocycles. The van der Waals surface area contributed by atoms with E-state index in [1.54, 1.807) is 18.2 Å². The van der Waals surface area contributed by atoms with E-state index in [1.165, 1.54) is 14.0 Å². The predicted molar refractivity (Wildman–Crippen MR) is 71.6 cm³/mol. The average molecular weight is 286 g/mol. The second-order valence-corrected chi connectivity index (χ2v) is 4.63. The SMILES string of the molecule is Cc1cc(OCC(=O)N(C)C(C)C(=O)O)ccc1Cl. The van der Waals surface area contributed by atoms with E-state index >= 15 is 0 Å². The normalized spacial score (nSPS) is 11.8. The van der Waals surface area contributed by atoms with Crippen LogP contribution >= 0.6 is 11.6 Å². The zero-order valence-corrected chi connectivity index (χ0v) is 11.8. The van der Waals surface area contributed by atoms with Crippen molar-refractivity contribution in [3.63, 3.8) is 0 Å². The van der Waals surface area contributed by atoms with Crippen molar-refractivity contribution in [1.82, 2.24) is 4.90 Å². The second kappa shape index (κ2) is 6.43. The fourth-order valence-corrected chi connectivity index (χ4v) is 1.45. The van der Waals surface area contributed by atoms with Crippen molar-refractivity contribution in [1.29, 1.82) is 0 Å². The minimum atomic E-state index is -1.06. The summed E-state index contributed by atoms with van der Waals surface area (Å²) >= 11 is 5.87. The number of hydrogen-bond acceptors (Lipinski definition) is 3. The van der Waals surface area contributed by atoms with E-state index in [4.69, 9.17) is 21.4 Å². The number of aliphatic carboxylic acids is 1. The van der Waals surface area contributed by atoms with E-state index in [0.717, 1.165) is 10.5 Å². The fourth-order valence-electron chi connectivity index (χ4n) is 1.34. The Hall–Kier alpha value is -1.75. The van der Waals surface area contributed by atoms with Gasteiger partial charge in [-0.15, -0.1) is 0 Å². The molecular formula is C13H16ClNO4. The molecule has 0 aliphatic rings. The summed E-state index contributed by atoms with van der Waals surface area (Å²) in [6.45, 7) is 3.05. The largest absolute Gasteiger partial charge is 0.484 e. The lowest BCUT2D eigenvalue weighted by Gasteiger charge is -2.21. The second-order valence-electron chi connectivity index (χ2n) is 4.22. The van der Waals surface area contributed by atoms with Gasteiger partial charge in [0.1, 0.15) is 11.8 Å². The molecule has 0 fully saturated rings. The summed E-state index contributed by atoms with van der Waals surface area (Å²) in [7, 11) is 1.43. The minimum absolute atomic E-state index is 0.213. The Balaban J connectivity index is 2.59. The fraction of sp³-hybridized carbons (Fsp3) is 0.385. The van der Waals surface area contributed by atoms with Crippen LogP contribution in [0.15, 0.2) is 18.2 Å². The number of rotatable bonds is 5. The number of benzene rings is 1. The highest BCUT2D eigenvalue weighted by Gasteiger charge is 2.21. The zero-order chi connectivity index (χ0) is 14.6. The van der Waals surface area contributed by atoms with Gasteiger partial charge >= 0.3 is 5.97 Å². The van der Waals surface area contributed by atoms with Crippen LogP contribution in [0.3, 0.4) is 0 Å². The molecule has 1 rings (SSSR count). The number of ether oxygens (including phenoxy) is 1. The summed E-state index contributed by atoms with van der Waals surface area (Å²) in [5.41, 5.74) is 0.846. The maximum absolute atomic E-state index is 11.7. The molecular weight excluding hydrogens is 270 g/mol. The van der Waals surface area contributed by atoms with E-state index in [0.29, 0.717) is 10.8 Å². The summed E-state index contributed by atoms with van der Waals surface area (Å²) < 4.78 is 5.31. The Morgan fingerprint density at radius 1 is 1.47 bits per heavy atom. The van der Waals surface area contributed by atoms with Gasteiger partial charge in [-0.05, 0) is 37.6 Å². The molecule has 1 atom stereocenters. The van der Waals surface area contributed by atoms with Crippen molar-refractivity contribution in [2.24, 2.45) is 0 Å². The molecule has 104 valence electrons. The van der Waals surface area contributed by atoms with E-state index < -0.39 is 17.9 Å². The molecule has 5 nitrogen and oxygen atoms in total. The summed E-state index contributed by atoms with van der Waals surface area (Å²) in [4.78, 5) is 23.6. The number of carbonyl (C=O) groups is 2. The average Bonchev–Trinajstić information content (AvgIpc) is 2.37. The van der Waals surface area contributed by atoms with Crippen LogP contribution < -0.4 is 4.74 Å². The molecule has 0 radical (unpaired) electrons. The van der Waals surface area contributed by atoms with E-state index in [1.807, 2.05) is 6.92 Å². The van der Waals surface area contributed by atoms with Crippen LogP contribution in [0.4, 0.5) is 0 Å². The summed E-state index contributed by atoms with van der Waals surface area (Å²) in [5, 5.41) is 9.42. The molecule has 0 saturated carbocycles. The van der Waals surface area contributed by atoms with E-state index in [2.05, 4.69) is 0 Å². The van der Waals surface area contributed by atoms with E-state index in [-0.39, 0.29) is 6.61 Å². The van der Waals surface area contributed by atoms with Gasteiger partial charge in [-0.1, -0.05) is 11.6 Å². The van der Waals surface area contributed by atoms with Gasteiger partial charge in [-0.3, -0.25) is 4.79 Å². The third-order valence-electron chi connectivity index (χ3n) is 2.82. The lowest BCUT2D eigenvalue weighted by atomic mass is 10.2. The van der Waals surface area contributed by atoms with Crippen LogP contribution in [0.5, 0.6) is 5.75 Å².